The second-order valence-electron chi connectivity index (χ2n) is 5.08. The Bertz CT molecular complexity index is 452. The zero-order valence-electron chi connectivity index (χ0n) is 10.7. The van der Waals surface area contributed by atoms with Crippen molar-refractivity contribution in [1.29, 1.82) is 0 Å². The Morgan fingerprint density at radius 3 is 2.74 bits per heavy atom. The predicted molar refractivity (Wildman–Crippen MR) is 80.5 cm³/mol. The van der Waals surface area contributed by atoms with E-state index in [-0.39, 0.29) is 5.92 Å². The summed E-state index contributed by atoms with van der Waals surface area (Å²) in [5, 5.41) is 10.2. The highest BCUT2D eigenvalue weighted by molar-refractivity contribution is 9.11. The number of thiazole rings is 1. The van der Waals surface area contributed by atoms with E-state index in [1.54, 1.807) is 11.3 Å². The van der Waals surface area contributed by atoms with E-state index in [1.165, 1.54) is 0 Å². The summed E-state index contributed by atoms with van der Waals surface area (Å²) < 4.78 is 1.05. The van der Waals surface area contributed by atoms with Gasteiger partial charge in [-0.25, -0.2) is 4.98 Å². The summed E-state index contributed by atoms with van der Waals surface area (Å²) >= 11 is 5.13. The summed E-state index contributed by atoms with van der Waals surface area (Å²) in [7, 11) is 0. The minimum absolute atomic E-state index is 0.149. The molecule has 0 aliphatic heterocycles. The number of aromatic nitrogens is 1. The lowest BCUT2D eigenvalue weighted by atomic mass is 9.75. The van der Waals surface area contributed by atoms with Crippen molar-refractivity contribution in [3.05, 3.63) is 27.6 Å². The fraction of sp³-hybridized carbons (Fsp3) is 0.571. The lowest BCUT2D eigenvalue weighted by molar-refractivity contribution is -0.143. The van der Waals surface area contributed by atoms with Crippen LogP contribution >= 0.6 is 27.3 Å². The van der Waals surface area contributed by atoms with Crippen LogP contribution in [0, 0.1) is 11.8 Å². The van der Waals surface area contributed by atoms with Gasteiger partial charge >= 0.3 is 5.97 Å². The molecule has 1 aromatic heterocycles. The van der Waals surface area contributed by atoms with Gasteiger partial charge in [0.1, 0.15) is 0 Å². The predicted octanol–water partition coefficient (Wildman–Crippen LogP) is 4.46. The first-order chi connectivity index (χ1) is 9.11. The number of carboxylic acids is 1. The summed E-state index contributed by atoms with van der Waals surface area (Å²) in [6.07, 6.45) is 8.25. The van der Waals surface area contributed by atoms with Crippen molar-refractivity contribution in [2.24, 2.45) is 11.8 Å². The van der Waals surface area contributed by atoms with Crippen LogP contribution in [-0.2, 0) is 4.79 Å². The molecule has 1 aliphatic rings. The first-order valence-corrected chi connectivity index (χ1v) is 8.17. The Morgan fingerprint density at radius 2 is 2.26 bits per heavy atom. The van der Waals surface area contributed by atoms with Crippen molar-refractivity contribution in [1.82, 2.24) is 4.98 Å². The van der Waals surface area contributed by atoms with Crippen LogP contribution < -0.4 is 0 Å². The highest BCUT2D eigenvalue weighted by Gasteiger charge is 2.31. The third-order valence-electron chi connectivity index (χ3n) is 3.92. The molecule has 1 atom stereocenters. The molecule has 0 amide bonds. The summed E-state index contributed by atoms with van der Waals surface area (Å²) in [4.78, 5) is 15.5. The Kier molecular flexibility index (Phi) is 5.16. The molecule has 0 radical (unpaired) electrons. The van der Waals surface area contributed by atoms with Gasteiger partial charge < -0.3 is 5.11 Å². The van der Waals surface area contributed by atoms with Crippen molar-refractivity contribution >= 4 is 33.2 Å². The summed E-state index contributed by atoms with van der Waals surface area (Å²) in [5.41, 5.74) is 0. The molecule has 0 saturated heterocycles. The first-order valence-electron chi connectivity index (χ1n) is 6.56. The lowest BCUT2D eigenvalue weighted by Gasteiger charge is -2.31. The molecule has 1 heterocycles. The highest BCUT2D eigenvalue weighted by atomic mass is 79.9. The van der Waals surface area contributed by atoms with Crippen molar-refractivity contribution in [3.63, 3.8) is 0 Å². The van der Waals surface area contributed by atoms with E-state index in [4.69, 9.17) is 5.11 Å². The van der Waals surface area contributed by atoms with Crippen molar-refractivity contribution in [2.75, 3.05) is 0 Å². The number of allylic oxidation sites excluding steroid dienone is 1. The molecule has 0 bridgehead atoms. The highest BCUT2D eigenvalue weighted by Crippen LogP contribution is 2.42. The lowest BCUT2D eigenvalue weighted by Crippen LogP contribution is -2.24. The second-order valence-corrected chi connectivity index (χ2v) is 7.52. The van der Waals surface area contributed by atoms with Crippen LogP contribution in [0.25, 0.3) is 0 Å². The maximum Gasteiger partial charge on any atom is 0.306 e. The van der Waals surface area contributed by atoms with E-state index in [2.05, 4.69) is 27.5 Å². The molecule has 3 nitrogen and oxygen atoms in total. The van der Waals surface area contributed by atoms with Crippen LogP contribution in [0.3, 0.4) is 0 Å². The minimum atomic E-state index is -0.643. The zero-order chi connectivity index (χ0) is 13.8. The van der Waals surface area contributed by atoms with Gasteiger partial charge in [0.25, 0.3) is 0 Å². The molecule has 0 spiro atoms. The number of hydrogen-bond donors (Lipinski definition) is 1. The summed E-state index contributed by atoms with van der Waals surface area (Å²) in [5.74, 6) is 0.134. The van der Waals surface area contributed by atoms with Gasteiger partial charge in [0.2, 0.25) is 0 Å². The Hall–Kier alpha value is -0.680. The van der Waals surface area contributed by atoms with Crippen LogP contribution in [-0.4, -0.2) is 16.1 Å². The van der Waals surface area contributed by atoms with E-state index < -0.39 is 5.97 Å². The zero-order valence-corrected chi connectivity index (χ0v) is 13.1. The molecule has 1 aliphatic carbocycles. The third-order valence-corrected chi connectivity index (χ3v) is 5.53. The fourth-order valence-electron chi connectivity index (χ4n) is 2.88. The number of halogens is 1. The molecule has 5 heteroatoms. The molecular weight excluding hydrogens is 326 g/mol. The molecule has 1 saturated carbocycles. The van der Waals surface area contributed by atoms with E-state index in [9.17, 15) is 4.79 Å². The van der Waals surface area contributed by atoms with Gasteiger partial charge in [-0.15, -0.1) is 17.9 Å². The van der Waals surface area contributed by atoms with E-state index in [0.717, 1.165) is 40.9 Å². The topological polar surface area (TPSA) is 50.2 Å². The average Bonchev–Trinajstić information content (AvgIpc) is 2.82. The molecule has 19 heavy (non-hydrogen) atoms. The third kappa shape index (κ3) is 3.66. The number of carbonyl (C=O) groups is 1. The van der Waals surface area contributed by atoms with Crippen LogP contribution in [0.1, 0.15) is 43.0 Å². The Labute approximate surface area is 125 Å². The molecular formula is C14H18BrNO2S. The fourth-order valence-corrected chi connectivity index (χ4v) is 4.33. The molecule has 2 rings (SSSR count). The van der Waals surface area contributed by atoms with Crippen LogP contribution in [0.15, 0.2) is 22.6 Å². The van der Waals surface area contributed by atoms with Gasteiger partial charge in [0.05, 0.1) is 20.9 Å². The van der Waals surface area contributed by atoms with Gasteiger partial charge in [-0.2, -0.15) is 0 Å². The monoisotopic (exact) mass is 343 g/mol. The molecule has 1 fully saturated rings. The maximum absolute atomic E-state index is 11.0. The van der Waals surface area contributed by atoms with Gasteiger partial charge in [-0.05, 0) is 54.0 Å². The second kappa shape index (κ2) is 6.66. The van der Waals surface area contributed by atoms with Gasteiger partial charge in [0, 0.05) is 5.92 Å². The number of rotatable bonds is 5. The number of hydrogen-bond acceptors (Lipinski definition) is 3. The number of aliphatic carboxylic acids is 1. The average molecular weight is 344 g/mol. The quantitative estimate of drug-likeness (QED) is 0.803. The van der Waals surface area contributed by atoms with Crippen molar-refractivity contribution < 1.29 is 9.90 Å². The van der Waals surface area contributed by atoms with Crippen LogP contribution in [0.2, 0.25) is 0 Å². The van der Waals surface area contributed by atoms with Gasteiger partial charge in [-0.3, -0.25) is 4.79 Å². The van der Waals surface area contributed by atoms with Crippen LogP contribution in [0.4, 0.5) is 0 Å². The van der Waals surface area contributed by atoms with Crippen LogP contribution in [0.5, 0.6) is 0 Å². The molecule has 1 aromatic rings. The summed E-state index contributed by atoms with van der Waals surface area (Å²) in [6, 6.07) is 0. The number of nitrogens with zero attached hydrogens (tertiary/aromatic N) is 1. The minimum Gasteiger partial charge on any atom is -0.481 e. The Balaban J connectivity index is 2.05. The van der Waals surface area contributed by atoms with E-state index in [1.807, 2.05) is 12.3 Å². The summed E-state index contributed by atoms with van der Waals surface area (Å²) in [6.45, 7) is 3.84. The SMILES string of the molecule is C=CC[C@H](c1ncc(Br)s1)C1CCC(C(=O)O)CC1. The smallest absolute Gasteiger partial charge is 0.306 e. The van der Waals surface area contributed by atoms with Crippen molar-refractivity contribution in [2.45, 2.75) is 38.0 Å². The van der Waals surface area contributed by atoms with Gasteiger partial charge in [-0.1, -0.05) is 6.08 Å². The molecule has 104 valence electrons. The van der Waals surface area contributed by atoms with Gasteiger partial charge in [0.15, 0.2) is 0 Å². The largest absolute Gasteiger partial charge is 0.481 e. The van der Waals surface area contributed by atoms with Crippen molar-refractivity contribution in [3.8, 4) is 0 Å². The molecule has 1 N–H and O–H groups in total. The normalized spacial score (nSPS) is 24.9. The standard InChI is InChI=1S/C14H18BrNO2S/c1-2-3-11(13-16-8-12(15)19-13)9-4-6-10(7-5-9)14(17)18/h2,8-11H,1,3-7H2,(H,17,18)/t9?,10?,11-/m0/s1. The number of carboxylic acid groups (broad SMARTS) is 1. The van der Waals surface area contributed by atoms with E-state index in [0.29, 0.717) is 11.8 Å². The Morgan fingerprint density at radius 1 is 1.58 bits per heavy atom. The molecule has 0 unspecified atom stereocenters. The maximum atomic E-state index is 11.0. The first kappa shape index (κ1) is 14.7. The molecule has 0 aromatic carbocycles. The van der Waals surface area contributed by atoms with E-state index >= 15 is 0 Å².